The number of carbonyl (C=O) groups is 1. The van der Waals surface area contributed by atoms with Crippen LogP contribution in [-0.2, 0) is 19.0 Å². The minimum atomic E-state index is -0.190. The topological polar surface area (TPSA) is 44.8 Å². The Labute approximate surface area is 91.9 Å². The maximum atomic E-state index is 10.7. The molecule has 0 aliphatic heterocycles. The summed E-state index contributed by atoms with van der Waals surface area (Å²) in [5.41, 5.74) is -0.116. The molecule has 0 saturated heterocycles. The standard InChI is InChI=1S/C11H22O4/c1-11(2,3)15-9-8-14-7-5-6-10(12)13-4/h5-9H2,1-4H3. The summed E-state index contributed by atoms with van der Waals surface area (Å²) < 4.78 is 15.3. The van der Waals surface area contributed by atoms with E-state index in [4.69, 9.17) is 9.47 Å². The lowest BCUT2D eigenvalue weighted by Crippen LogP contribution is -2.22. The van der Waals surface area contributed by atoms with E-state index in [9.17, 15) is 4.79 Å². The van der Waals surface area contributed by atoms with Crippen molar-refractivity contribution in [2.75, 3.05) is 26.9 Å². The molecule has 0 aromatic heterocycles. The van der Waals surface area contributed by atoms with Crippen molar-refractivity contribution in [1.29, 1.82) is 0 Å². The van der Waals surface area contributed by atoms with Gasteiger partial charge in [-0.1, -0.05) is 0 Å². The van der Waals surface area contributed by atoms with E-state index in [1.54, 1.807) is 0 Å². The Morgan fingerprint density at radius 2 is 1.80 bits per heavy atom. The molecular weight excluding hydrogens is 196 g/mol. The first-order chi connectivity index (χ1) is 6.95. The van der Waals surface area contributed by atoms with Crippen molar-refractivity contribution < 1.29 is 19.0 Å². The van der Waals surface area contributed by atoms with Gasteiger partial charge in [0, 0.05) is 13.0 Å². The zero-order valence-electron chi connectivity index (χ0n) is 10.2. The Morgan fingerprint density at radius 3 is 2.33 bits per heavy atom. The highest BCUT2D eigenvalue weighted by Gasteiger charge is 2.08. The van der Waals surface area contributed by atoms with Crippen LogP contribution in [0.1, 0.15) is 33.6 Å². The first-order valence-electron chi connectivity index (χ1n) is 5.24. The molecule has 0 fully saturated rings. The second-order valence-corrected chi connectivity index (χ2v) is 4.25. The van der Waals surface area contributed by atoms with Crippen LogP contribution in [0.2, 0.25) is 0 Å². The van der Waals surface area contributed by atoms with Gasteiger partial charge in [0.1, 0.15) is 0 Å². The van der Waals surface area contributed by atoms with Gasteiger partial charge in [-0.2, -0.15) is 0 Å². The lowest BCUT2D eigenvalue weighted by molar-refractivity contribution is -0.141. The molecule has 90 valence electrons. The van der Waals surface area contributed by atoms with Crippen LogP contribution in [-0.4, -0.2) is 38.5 Å². The molecule has 4 heteroatoms. The van der Waals surface area contributed by atoms with Crippen LogP contribution in [0.5, 0.6) is 0 Å². The molecule has 15 heavy (non-hydrogen) atoms. The third-order valence-corrected chi connectivity index (χ3v) is 1.66. The molecule has 0 unspecified atom stereocenters. The van der Waals surface area contributed by atoms with Crippen molar-refractivity contribution >= 4 is 5.97 Å². The molecule has 0 heterocycles. The van der Waals surface area contributed by atoms with Gasteiger partial charge in [-0.25, -0.2) is 0 Å². The average molecular weight is 218 g/mol. The minimum Gasteiger partial charge on any atom is -0.469 e. The Kier molecular flexibility index (Phi) is 7.34. The number of rotatable bonds is 7. The molecule has 4 nitrogen and oxygen atoms in total. The first kappa shape index (κ1) is 14.4. The number of carbonyl (C=O) groups excluding carboxylic acids is 1. The van der Waals surface area contributed by atoms with Gasteiger partial charge in [0.05, 0.1) is 25.9 Å². The average Bonchev–Trinajstić information content (AvgIpc) is 2.14. The molecule has 0 aliphatic carbocycles. The SMILES string of the molecule is COC(=O)CCCOCCOC(C)(C)C. The van der Waals surface area contributed by atoms with E-state index >= 15 is 0 Å². The van der Waals surface area contributed by atoms with E-state index in [1.807, 2.05) is 20.8 Å². The summed E-state index contributed by atoms with van der Waals surface area (Å²) in [7, 11) is 1.39. The van der Waals surface area contributed by atoms with Crippen molar-refractivity contribution in [2.24, 2.45) is 0 Å². The highest BCUT2D eigenvalue weighted by Crippen LogP contribution is 2.05. The highest BCUT2D eigenvalue weighted by molar-refractivity contribution is 5.68. The van der Waals surface area contributed by atoms with Crippen LogP contribution in [0.3, 0.4) is 0 Å². The quantitative estimate of drug-likeness (QED) is 0.482. The zero-order chi connectivity index (χ0) is 11.7. The van der Waals surface area contributed by atoms with E-state index in [1.165, 1.54) is 7.11 Å². The van der Waals surface area contributed by atoms with Crippen LogP contribution in [0.4, 0.5) is 0 Å². The van der Waals surface area contributed by atoms with Crippen molar-refractivity contribution in [3.8, 4) is 0 Å². The van der Waals surface area contributed by atoms with E-state index < -0.39 is 0 Å². The van der Waals surface area contributed by atoms with Gasteiger partial charge in [0.25, 0.3) is 0 Å². The summed E-state index contributed by atoms with van der Waals surface area (Å²) in [4.78, 5) is 10.7. The maximum Gasteiger partial charge on any atom is 0.305 e. The van der Waals surface area contributed by atoms with Crippen LogP contribution >= 0.6 is 0 Å². The van der Waals surface area contributed by atoms with Crippen molar-refractivity contribution in [2.45, 2.75) is 39.2 Å². The molecule has 0 amide bonds. The predicted octanol–water partition coefficient (Wildman–Crippen LogP) is 1.77. The van der Waals surface area contributed by atoms with Crippen molar-refractivity contribution in [1.82, 2.24) is 0 Å². The third kappa shape index (κ3) is 11.3. The molecule has 0 aromatic carbocycles. The van der Waals surface area contributed by atoms with Gasteiger partial charge < -0.3 is 14.2 Å². The fourth-order valence-electron chi connectivity index (χ4n) is 0.929. The maximum absolute atomic E-state index is 10.7. The van der Waals surface area contributed by atoms with Crippen LogP contribution in [0.25, 0.3) is 0 Å². The Balaban J connectivity index is 3.16. The summed E-state index contributed by atoms with van der Waals surface area (Å²) in [6.07, 6.45) is 1.11. The Bertz CT molecular complexity index is 172. The minimum absolute atomic E-state index is 0.116. The van der Waals surface area contributed by atoms with E-state index in [-0.39, 0.29) is 11.6 Å². The molecule has 0 rings (SSSR count). The molecule has 0 bridgehead atoms. The van der Waals surface area contributed by atoms with Gasteiger partial charge in [-0.05, 0) is 27.2 Å². The molecule has 0 spiro atoms. The molecule has 0 saturated carbocycles. The van der Waals surface area contributed by atoms with Gasteiger partial charge in [0.15, 0.2) is 0 Å². The molecular formula is C11H22O4. The number of esters is 1. The molecule has 0 atom stereocenters. The number of hydrogen-bond acceptors (Lipinski definition) is 4. The third-order valence-electron chi connectivity index (χ3n) is 1.66. The van der Waals surface area contributed by atoms with Gasteiger partial charge in [-0.15, -0.1) is 0 Å². The molecule has 0 N–H and O–H groups in total. The van der Waals surface area contributed by atoms with Crippen LogP contribution in [0, 0.1) is 0 Å². The number of hydrogen-bond donors (Lipinski definition) is 0. The van der Waals surface area contributed by atoms with Gasteiger partial charge in [-0.3, -0.25) is 4.79 Å². The Hall–Kier alpha value is -0.610. The predicted molar refractivity (Wildman–Crippen MR) is 57.8 cm³/mol. The van der Waals surface area contributed by atoms with Crippen LogP contribution < -0.4 is 0 Å². The lowest BCUT2D eigenvalue weighted by Gasteiger charge is -2.19. The van der Waals surface area contributed by atoms with E-state index in [2.05, 4.69) is 4.74 Å². The monoisotopic (exact) mass is 218 g/mol. The summed E-state index contributed by atoms with van der Waals surface area (Å²) >= 11 is 0. The van der Waals surface area contributed by atoms with E-state index in [0.29, 0.717) is 32.7 Å². The molecule has 0 aromatic rings. The second kappa shape index (κ2) is 7.65. The van der Waals surface area contributed by atoms with Crippen molar-refractivity contribution in [3.05, 3.63) is 0 Å². The molecule has 0 aliphatic rings. The molecule has 0 radical (unpaired) electrons. The second-order valence-electron chi connectivity index (χ2n) is 4.25. The number of ether oxygens (including phenoxy) is 3. The lowest BCUT2D eigenvalue weighted by atomic mass is 10.2. The summed E-state index contributed by atoms with van der Waals surface area (Å²) in [6, 6.07) is 0. The largest absolute Gasteiger partial charge is 0.469 e. The van der Waals surface area contributed by atoms with Gasteiger partial charge >= 0.3 is 5.97 Å². The normalized spacial score (nSPS) is 11.5. The van der Waals surface area contributed by atoms with Crippen LogP contribution in [0.15, 0.2) is 0 Å². The summed E-state index contributed by atoms with van der Waals surface area (Å²) in [6.45, 7) is 7.74. The number of methoxy groups -OCH3 is 1. The van der Waals surface area contributed by atoms with E-state index in [0.717, 1.165) is 0 Å². The van der Waals surface area contributed by atoms with Crippen molar-refractivity contribution in [3.63, 3.8) is 0 Å². The Morgan fingerprint density at radius 1 is 1.13 bits per heavy atom. The first-order valence-corrected chi connectivity index (χ1v) is 5.24. The fraction of sp³-hybridized carbons (Fsp3) is 0.909. The zero-order valence-corrected chi connectivity index (χ0v) is 10.2. The smallest absolute Gasteiger partial charge is 0.305 e. The summed E-state index contributed by atoms with van der Waals surface area (Å²) in [5.74, 6) is -0.190. The highest BCUT2D eigenvalue weighted by atomic mass is 16.5. The fourth-order valence-corrected chi connectivity index (χ4v) is 0.929. The van der Waals surface area contributed by atoms with Gasteiger partial charge in [0.2, 0.25) is 0 Å². The summed E-state index contributed by atoms with van der Waals surface area (Å²) in [5, 5.41) is 0.